The fraction of sp³-hybridized carbons (Fsp3) is 0.292. The number of pyridine rings is 1. The molecule has 4 heterocycles. The third-order valence-electron chi connectivity index (χ3n) is 5.80. The zero-order chi connectivity index (χ0) is 22.8. The molecule has 4 aromatic rings. The molecule has 8 nitrogen and oxygen atoms in total. The lowest BCUT2D eigenvalue weighted by Gasteiger charge is -2.28. The fourth-order valence-electron chi connectivity index (χ4n) is 3.90. The topological polar surface area (TPSA) is 88.8 Å². The Bertz CT molecular complexity index is 1300. The van der Waals surface area contributed by atoms with Crippen molar-refractivity contribution in [2.75, 3.05) is 25.5 Å². The molecule has 33 heavy (non-hydrogen) atoms. The standard InChI is InChI=1S/C24H25N7OS/c1-30-9-6-20(7-10-30)33-22-12-17(5-8-25-22)23(32)29-24-26-13-18-4-3-16(11-21(18)28-24)19-14-27-31(2)15-19/h3-5,8,11-15,20H,6-7,9-10H2,1-2H3,(H,26,28,29,32). The summed E-state index contributed by atoms with van der Waals surface area (Å²) in [7, 11) is 4.04. The summed E-state index contributed by atoms with van der Waals surface area (Å²) in [4.78, 5) is 28.6. The molecule has 1 aromatic carbocycles. The second-order valence-electron chi connectivity index (χ2n) is 8.33. The highest BCUT2D eigenvalue weighted by Crippen LogP contribution is 2.29. The van der Waals surface area contributed by atoms with E-state index in [-0.39, 0.29) is 11.9 Å². The number of carbonyl (C=O) groups is 1. The van der Waals surface area contributed by atoms with Crippen molar-refractivity contribution < 1.29 is 4.79 Å². The van der Waals surface area contributed by atoms with E-state index >= 15 is 0 Å². The third kappa shape index (κ3) is 5.04. The average molecular weight is 460 g/mol. The molecule has 0 bridgehead atoms. The minimum Gasteiger partial charge on any atom is -0.306 e. The lowest BCUT2D eigenvalue weighted by Crippen LogP contribution is -2.31. The van der Waals surface area contributed by atoms with E-state index in [2.05, 4.69) is 37.3 Å². The van der Waals surface area contributed by atoms with E-state index in [1.165, 1.54) is 0 Å². The minimum absolute atomic E-state index is 0.245. The molecular formula is C24H25N7OS. The quantitative estimate of drug-likeness (QED) is 0.485. The predicted molar refractivity (Wildman–Crippen MR) is 130 cm³/mol. The van der Waals surface area contributed by atoms with Crippen molar-refractivity contribution >= 4 is 34.5 Å². The van der Waals surface area contributed by atoms with Gasteiger partial charge in [-0.1, -0.05) is 12.1 Å². The molecular weight excluding hydrogens is 434 g/mol. The molecule has 3 aromatic heterocycles. The van der Waals surface area contributed by atoms with Gasteiger partial charge in [0.2, 0.25) is 5.95 Å². The molecule has 0 saturated carbocycles. The molecule has 0 radical (unpaired) electrons. The highest BCUT2D eigenvalue weighted by atomic mass is 32.2. The number of benzene rings is 1. The molecule has 1 amide bonds. The van der Waals surface area contributed by atoms with Crippen molar-refractivity contribution in [1.29, 1.82) is 0 Å². The van der Waals surface area contributed by atoms with Crippen molar-refractivity contribution in [2.45, 2.75) is 23.1 Å². The lowest BCUT2D eigenvalue weighted by atomic mass is 10.1. The number of thioether (sulfide) groups is 1. The van der Waals surface area contributed by atoms with Gasteiger partial charge in [0.25, 0.3) is 5.91 Å². The maximum atomic E-state index is 12.9. The van der Waals surface area contributed by atoms with Crippen LogP contribution in [0.4, 0.5) is 5.95 Å². The predicted octanol–water partition coefficient (Wildman–Crippen LogP) is 3.86. The van der Waals surface area contributed by atoms with Crippen LogP contribution in [0.15, 0.2) is 60.1 Å². The number of likely N-dealkylation sites (tertiary alicyclic amines) is 1. The molecule has 9 heteroatoms. The Labute approximate surface area is 196 Å². The summed E-state index contributed by atoms with van der Waals surface area (Å²) < 4.78 is 1.76. The summed E-state index contributed by atoms with van der Waals surface area (Å²) >= 11 is 1.75. The van der Waals surface area contributed by atoms with Crippen LogP contribution in [-0.2, 0) is 7.05 Å². The van der Waals surface area contributed by atoms with Gasteiger partial charge in [-0.05, 0) is 56.7 Å². The first-order valence-electron chi connectivity index (χ1n) is 10.9. The third-order valence-corrected chi connectivity index (χ3v) is 7.07. The van der Waals surface area contributed by atoms with Crippen molar-refractivity contribution in [2.24, 2.45) is 7.05 Å². The Morgan fingerprint density at radius 2 is 1.91 bits per heavy atom. The Morgan fingerprint density at radius 3 is 2.70 bits per heavy atom. The molecule has 1 aliphatic heterocycles. The summed E-state index contributed by atoms with van der Waals surface area (Å²) in [6.45, 7) is 2.19. The number of aryl methyl sites for hydroxylation is 1. The number of anilines is 1. The van der Waals surface area contributed by atoms with E-state index in [9.17, 15) is 4.79 Å². The number of nitrogens with zero attached hydrogens (tertiary/aromatic N) is 6. The molecule has 0 atom stereocenters. The highest BCUT2D eigenvalue weighted by molar-refractivity contribution is 7.99. The minimum atomic E-state index is -0.245. The van der Waals surface area contributed by atoms with Gasteiger partial charge in [0.05, 0.1) is 16.7 Å². The smallest absolute Gasteiger partial charge is 0.258 e. The van der Waals surface area contributed by atoms with Gasteiger partial charge in [0, 0.05) is 47.4 Å². The van der Waals surface area contributed by atoms with Gasteiger partial charge < -0.3 is 4.90 Å². The SMILES string of the molecule is CN1CCC(Sc2cc(C(=O)Nc3ncc4ccc(-c5cnn(C)c5)cc4n3)ccn2)CC1. The maximum absolute atomic E-state index is 12.9. The number of amides is 1. The van der Waals surface area contributed by atoms with Gasteiger partial charge >= 0.3 is 0 Å². The Balaban J connectivity index is 1.31. The van der Waals surface area contributed by atoms with Crippen LogP contribution in [-0.4, -0.2) is 60.9 Å². The number of piperidine rings is 1. The first-order valence-corrected chi connectivity index (χ1v) is 11.8. The van der Waals surface area contributed by atoms with Crippen molar-refractivity contribution in [3.8, 4) is 11.1 Å². The number of hydrogen-bond donors (Lipinski definition) is 1. The zero-order valence-corrected chi connectivity index (χ0v) is 19.4. The number of rotatable bonds is 5. The van der Waals surface area contributed by atoms with Gasteiger partial charge in [0.1, 0.15) is 0 Å². The van der Waals surface area contributed by atoms with E-state index in [1.54, 1.807) is 34.9 Å². The maximum Gasteiger partial charge on any atom is 0.258 e. The molecule has 168 valence electrons. The summed E-state index contributed by atoms with van der Waals surface area (Å²) in [6.07, 6.45) is 9.44. The van der Waals surface area contributed by atoms with Gasteiger partial charge in [-0.25, -0.2) is 15.0 Å². The Kier molecular flexibility index (Phi) is 6.06. The molecule has 5 rings (SSSR count). The second-order valence-corrected chi connectivity index (χ2v) is 9.65. The first-order chi connectivity index (χ1) is 16.0. The first kappa shape index (κ1) is 21.5. The van der Waals surface area contributed by atoms with Gasteiger partial charge in [-0.3, -0.25) is 14.8 Å². The molecule has 1 saturated heterocycles. The van der Waals surface area contributed by atoms with Gasteiger partial charge in [0.15, 0.2) is 0 Å². The zero-order valence-electron chi connectivity index (χ0n) is 18.6. The van der Waals surface area contributed by atoms with E-state index in [4.69, 9.17) is 0 Å². The van der Waals surface area contributed by atoms with Crippen LogP contribution in [0.2, 0.25) is 0 Å². The van der Waals surface area contributed by atoms with Crippen LogP contribution in [0.5, 0.6) is 0 Å². The van der Waals surface area contributed by atoms with Crippen molar-refractivity contribution in [1.82, 2.24) is 29.6 Å². The molecule has 1 fully saturated rings. The molecule has 1 aliphatic rings. The monoisotopic (exact) mass is 459 g/mol. The average Bonchev–Trinajstić information content (AvgIpc) is 3.26. The van der Waals surface area contributed by atoms with Crippen LogP contribution in [0.3, 0.4) is 0 Å². The normalized spacial score (nSPS) is 15.1. The molecule has 0 aliphatic carbocycles. The molecule has 1 N–H and O–H groups in total. The second kappa shape index (κ2) is 9.29. The summed E-state index contributed by atoms with van der Waals surface area (Å²) in [6, 6.07) is 9.53. The van der Waals surface area contributed by atoms with Gasteiger partial charge in [-0.2, -0.15) is 5.10 Å². The Hall–Kier alpha value is -3.30. The van der Waals surface area contributed by atoms with Crippen LogP contribution in [0.1, 0.15) is 23.2 Å². The van der Waals surface area contributed by atoms with Crippen LogP contribution >= 0.6 is 11.8 Å². The number of fused-ring (bicyclic) bond motifs is 1. The van der Waals surface area contributed by atoms with E-state index in [1.807, 2.05) is 43.7 Å². The summed E-state index contributed by atoms with van der Waals surface area (Å²) in [5.74, 6) is 0.0301. The van der Waals surface area contributed by atoms with Gasteiger partial charge in [-0.15, -0.1) is 11.8 Å². The molecule has 0 spiro atoms. The fourth-order valence-corrected chi connectivity index (χ4v) is 5.00. The number of hydrogen-bond acceptors (Lipinski definition) is 7. The van der Waals surface area contributed by atoms with Crippen LogP contribution < -0.4 is 5.32 Å². The van der Waals surface area contributed by atoms with Crippen molar-refractivity contribution in [3.05, 3.63) is 60.7 Å². The van der Waals surface area contributed by atoms with E-state index in [0.29, 0.717) is 10.8 Å². The summed E-state index contributed by atoms with van der Waals surface area (Å²) in [5, 5.41) is 9.37. The number of aromatic nitrogens is 5. The van der Waals surface area contributed by atoms with E-state index in [0.717, 1.165) is 53.0 Å². The molecule has 0 unspecified atom stereocenters. The van der Waals surface area contributed by atoms with Crippen LogP contribution in [0, 0.1) is 0 Å². The van der Waals surface area contributed by atoms with E-state index < -0.39 is 0 Å². The highest BCUT2D eigenvalue weighted by Gasteiger charge is 2.19. The van der Waals surface area contributed by atoms with Crippen molar-refractivity contribution in [3.63, 3.8) is 0 Å². The number of carbonyl (C=O) groups excluding carboxylic acids is 1. The van der Waals surface area contributed by atoms with Crippen LogP contribution in [0.25, 0.3) is 22.0 Å². The Morgan fingerprint density at radius 1 is 1.06 bits per heavy atom. The lowest BCUT2D eigenvalue weighted by molar-refractivity contribution is 0.102. The number of nitrogens with one attached hydrogen (secondary N) is 1. The largest absolute Gasteiger partial charge is 0.306 e. The summed E-state index contributed by atoms with van der Waals surface area (Å²) in [5.41, 5.74) is 3.33.